The van der Waals surface area contributed by atoms with Gasteiger partial charge < -0.3 is 10.2 Å². The largest absolute Gasteiger partial charge is 0.382 e. The van der Waals surface area contributed by atoms with Crippen molar-refractivity contribution in [3.05, 3.63) is 29.1 Å². The lowest BCUT2D eigenvalue weighted by atomic mass is 10.1. The van der Waals surface area contributed by atoms with Crippen LogP contribution in [0.15, 0.2) is 12.1 Å². The average molecular weight is 275 g/mol. The van der Waals surface area contributed by atoms with E-state index < -0.39 is 0 Å². The summed E-state index contributed by atoms with van der Waals surface area (Å²) in [5.41, 5.74) is 1.73. The van der Waals surface area contributed by atoms with Gasteiger partial charge in [-0.05, 0) is 51.4 Å². The molecule has 108 valence electrons. The summed E-state index contributed by atoms with van der Waals surface area (Å²) in [6.45, 7) is 7.25. The summed E-state index contributed by atoms with van der Waals surface area (Å²) < 4.78 is 13.8. The van der Waals surface area contributed by atoms with Crippen molar-refractivity contribution in [2.75, 3.05) is 25.0 Å². The Labute approximate surface area is 120 Å². The second-order valence-electron chi connectivity index (χ2n) is 5.45. The number of halogens is 1. The molecular formula is C16H22FN3. The number of nitrogens with one attached hydrogen (secondary N) is 1. The van der Waals surface area contributed by atoms with Crippen LogP contribution in [0.1, 0.15) is 37.3 Å². The third-order valence-electron chi connectivity index (χ3n) is 4.10. The molecule has 2 rings (SSSR count). The number of benzene rings is 1. The van der Waals surface area contributed by atoms with Gasteiger partial charge in [-0.3, -0.25) is 0 Å². The van der Waals surface area contributed by atoms with E-state index in [0.29, 0.717) is 17.2 Å². The molecule has 1 atom stereocenters. The maximum atomic E-state index is 13.8. The van der Waals surface area contributed by atoms with Crippen LogP contribution in [0.3, 0.4) is 0 Å². The van der Waals surface area contributed by atoms with Gasteiger partial charge in [0.1, 0.15) is 5.82 Å². The third-order valence-corrected chi connectivity index (χ3v) is 4.10. The molecule has 0 aromatic heterocycles. The molecule has 0 aliphatic carbocycles. The fraction of sp³-hybridized carbons (Fsp3) is 0.562. The van der Waals surface area contributed by atoms with E-state index in [1.54, 1.807) is 13.0 Å². The highest BCUT2D eigenvalue weighted by Gasteiger charge is 2.17. The molecular weight excluding hydrogens is 253 g/mol. The van der Waals surface area contributed by atoms with Gasteiger partial charge in [0.25, 0.3) is 0 Å². The molecule has 1 N–H and O–H groups in total. The quantitative estimate of drug-likeness (QED) is 0.920. The van der Waals surface area contributed by atoms with Crippen LogP contribution in [-0.4, -0.2) is 30.6 Å². The fourth-order valence-corrected chi connectivity index (χ4v) is 2.73. The van der Waals surface area contributed by atoms with E-state index in [0.717, 1.165) is 44.6 Å². The summed E-state index contributed by atoms with van der Waals surface area (Å²) in [6.07, 6.45) is 3.31. The van der Waals surface area contributed by atoms with E-state index >= 15 is 0 Å². The van der Waals surface area contributed by atoms with Gasteiger partial charge in [0.2, 0.25) is 0 Å². The SMILES string of the molecule is CCN1CCCC(Nc2cc(C#N)cc(F)c2C)CC1. The second-order valence-corrected chi connectivity index (χ2v) is 5.45. The zero-order valence-corrected chi connectivity index (χ0v) is 12.2. The summed E-state index contributed by atoms with van der Waals surface area (Å²) in [5, 5.41) is 12.4. The van der Waals surface area contributed by atoms with Gasteiger partial charge in [0.05, 0.1) is 11.6 Å². The van der Waals surface area contributed by atoms with Crippen molar-refractivity contribution in [2.24, 2.45) is 0 Å². The predicted octanol–water partition coefficient (Wildman–Crippen LogP) is 3.29. The summed E-state index contributed by atoms with van der Waals surface area (Å²) in [4.78, 5) is 2.45. The molecule has 1 fully saturated rings. The molecule has 0 radical (unpaired) electrons. The van der Waals surface area contributed by atoms with Crippen molar-refractivity contribution in [3.8, 4) is 6.07 Å². The van der Waals surface area contributed by atoms with Crippen LogP contribution in [0, 0.1) is 24.1 Å². The van der Waals surface area contributed by atoms with Crippen LogP contribution in [0.4, 0.5) is 10.1 Å². The average Bonchev–Trinajstić information content (AvgIpc) is 2.68. The van der Waals surface area contributed by atoms with Crippen molar-refractivity contribution in [3.63, 3.8) is 0 Å². The Morgan fingerprint density at radius 2 is 2.20 bits per heavy atom. The molecule has 1 aromatic rings. The highest BCUT2D eigenvalue weighted by molar-refractivity contribution is 5.56. The van der Waals surface area contributed by atoms with Crippen LogP contribution in [-0.2, 0) is 0 Å². The number of hydrogen-bond acceptors (Lipinski definition) is 3. The molecule has 4 heteroatoms. The van der Waals surface area contributed by atoms with Gasteiger partial charge in [-0.15, -0.1) is 0 Å². The lowest BCUT2D eigenvalue weighted by molar-refractivity contribution is 0.300. The van der Waals surface area contributed by atoms with Gasteiger partial charge in [-0.1, -0.05) is 6.92 Å². The molecule has 1 aromatic carbocycles. The van der Waals surface area contributed by atoms with Gasteiger partial charge in [-0.2, -0.15) is 5.26 Å². The van der Waals surface area contributed by atoms with E-state index in [-0.39, 0.29) is 5.82 Å². The van der Waals surface area contributed by atoms with Crippen LogP contribution in [0.5, 0.6) is 0 Å². The van der Waals surface area contributed by atoms with Crippen molar-refractivity contribution in [2.45, 2.75) is 39.2 Å². The van der Waals surface area contributed by atoms with Gasteiger partial charge in [0.15, 0.2) is 0 Å². The number of nitrogens with zero attached hydrogens (tertiary/aromatic N) is 2. The molecule has 0 amide bonds. The number of nitriles is 1. The zero-order valence-electron chi connectivity index (χ0n) is 12.2. The monoisotopic (exact) mass is 275 g/mol. The Kier molecular flexibility index (Phi) is 4.97. The molecule has 1 saturated heterocycles. The van der Waals surface area contributed by atoms with Crippen LogP contribution >= 0.6 is 0 Å². The lowest BCUT2D eigenvalue weighted by Gasteiger charge is -2.20. The predicted molar refractivity (Wildman–Crippen MR) is 79.2 cm³/mol. The molecule has 1 unspecified atom stereocenters. The second kappa shape index (κ2) is 6.71. The van der Waals surface area contributed by atoms with Crippen LogP contribution in [0.25, 0.3) is 0 Å². The number of likely N-dealkylation sites (tertiary alicyclic amines) is 1. The van der Waals surface area contributed by atoms with E-state index in [1.807, 2.05) is 6.07 Å². The first-order valence-corrected chi connectivity index (χ1v) is 7.33. The smallest absolute Gasteiger partial charge is 0.129 e. The summed E-state index contributed by atoms with van der Waals surface area (Å²) in [6, 6.07) is 5.42. The Morgan fingerprint density at radius 1 is 1.40 bits per heavy atom. The maximum absolute atomic E-state index is 13.8. The number of rotatable bonds is 3. The van der Waals surface area contributed by atoms with Crippen molar-refractivity contribution in [1.82, 2.24) is 4.90 Å². The highest BCUT2D eigenvalue weighted by atomic mass is 19.1. The first-order chi connectivity index (χ1) is 9.63. The van der Waals surface area contributed by atoms with E-state index in [1.165, 1.54) is 6.07 Å². The molecule has 0 bridgehead atoms. The highest BCUT2D eigenvalue weighted by Crippen LogP contribution is 2.23. The molecule has 3 nitrogen and oxygen atoms in total. The Morgan fingerprint density at radius 3 is 2.90 bits per heavy atom. The summed E-state index contributed by atoms with van der Waals surface area (Å²) >= 11 is 0. The minimum atomic E-state index is -0.310. The first kappa shape index (κ1) is 14.8. The molecule has 20 heavy (non-hydrogen) atoms. The van der Waals surface area contributed by atoms with Gasteiger partial charge >= 0.3 is 0 Å². The Balaban J connectivity index is 2.10. The summed E-state index contributed by atoms with van der Waals surface area (Å²) in [7, 11) is 0. The number of anilines is 1. The fourth-order valence-electron chi connectivity index (χ4n) is 2.73. The van der Waals surface area contributed by atoms with E-state index in [4.69, 9.17) is 5.26 Å². The minimum absolute atomic E-state index is 0.310. The Hall–Kier alpha value is -1.60. The lowest BCUT2D eigenvalue weighted by Crippen LogP contribution is -2.26. The van der Waals surface area contributed by atoms with Gasteiger partial charge in [0, 0.05) is 23.8 Å². The van der Waals surface area contributed by atoms with Crippen LogP contribution < -0.4 is 5.32 Å². The molecule has 0 saturated carbocycles. The molecule has 1 heterocycles. The van der Waals surface area contributed by atoms with E-state index in [9.17, 15) is 4.39 Å². The first-order valence-electron chi connectivity index (χ1n) is 7.33. The topological polar surface area (TPSA) is 39.1 Å². The standard InChI is InChI=1S/C16H22FN3/c1-3-20-7-4-5-14(6-8-20)19-16-10-13(11-18)9-15(17)12(16)2/h9-10,14,19H,3-8H2,1-2H3. The van der Waals surface area contributed by atoms with Crippen LogP contribution in [0.2, 0.25) is 0 Å². The molecule has 1 aliphatic rings. The Bertz CT molecular complexity index is 507. The van der Waals surface area contributed by atoms with Crippen molar-refractivity contribution < 1.29 is 4.39 Å². The normalized spacial score (nSPS) is 20.2. The van der Waals surface area contributed by atoms with Crippen molar-refractivity contribution >= 4 is 5.69 Å². The molecule has 0 spiro atoms. The molecule has 1 aliphatic heterocycles. The van der Waals surface area contributed by atoms with E-state index in [2.05, 4.69) is 17.1 Å². The number of hydrogen-bond donors (Lipinski definition) is 1. The van der Waals surface area contributed by atoms with Gasteiger partial charge in [-0.25, -0.2) is 4.39 Å². The minimum Gasteiger partial charge on any atom is -0.382 e. The third kappa shape index (κ3) is 3.49. The van der Waals surface area contributed by atoms with Crippen molar-refractivity contribution in [1.29, 1.82) is 5.26 Å². The maximum Gasteiger partial charge on any atom is 0.129 e. The zero-order chi connectivity index (χ0) is 14.5. The summed E-state index contributed by atoms with van der Waals surface area (Å²) in [5.74, 6) is -0.310.